The van der Waals surface area contributed by atoms with Crippen molar-refractivity contribution >= 4 is 44.8 Å². The SMILES string of the molecule is Cc1cc(C)nc(SCc2sc3ccccc3c2Cl)n1. The van der Waals surface area contributed by atoms with Crippen LogP contribution in [0.4, 0.5) is 0 Å². The fourth-order valence-electron chi connectivity index (χ4n) is 2.05. The highest BCUT2D eigenvalue weighted by Gasteiger charge is 2.11. The maximum absolute atomic E-state index is 6.44. The van der Waals surface area contributed by atoms with E-state index in [2.05, 4.69) is 22.1 Å². The van der Waals surface area contributed by atoms with Crippen molar-refractivity contribution < 1.29 is 0 Å². The highest BCUT2D eigenvalue weighted by molar-refractivity contribution is 7.98. The molecule has 0 aliphatic carbocycles. The maximum Gasteiger partial charge on any atom is 0.188 e. The summed E-state index contributed by atoms with van der Waals surface area (Å²) in [6.07, 6.45) is 0. The third-order valence-corrected chi connectivity index (χ3v) is 5.67. The molecule has 0 spiro atoms. The van der Waals surface area contributed by atoms with Crippen LogP contribution in [0.15, 0.2) is 35.5 Å². The molecule has 0 saturated carbocycles. The standard InChI is InChI=1S/C15H13ClN2S2/c1-9-7-10(2)18-15(17-9)19-8-13-14(16)11-5-3-4-6-12(11)20-13/h3-7H,8H2,1-2H3. The van der Waals surface area contributed by atoms with Crippen LogP contribution >= 0.6 is 34.7 Å². The van der Waals surface area contributed by atoms with Gasteiger partial charge in [0.25, 0.3) is 0 Å². The Bertz CT molecular complexity index is 747. The summed E-state index contributed by atoms with van der Waals surface area (Å²) in [7, 11) is 0. The van der Waals surface area contributed by atoms with Gasteiger partial charge in [-0.25, -0.2) is 9.97 Å². The molecule has 2 nitrogen and oxygen atoms in total. The van der Waals surface area contributed by atoms with Gasteiger partial charge in [-0.15, -0.1) is 11.3 Å². The van der Waals surface area contributed by atoms with Gasteiger partial charge in [-0.3, -0.25) is 0 Å². The van der Waals surface area contributed by atoms with Crippen LogP contribution in [-0.2, 0) is 5.75 Å². The Morgan fingerprint density at radius 3 is 2.55 bits per heavy atom. The number of benzene rings is 1. The topological polar surface area (TPSA) is 25.8 Å². The highest BCUT2D eigenvalue weighted by atomic mass is 35.5. The van der Waals surface area contributed by atoms with Crippen LogP contribution in [0.3, 0.4) is 0 Å². The van der Waals surface area contributed by atoms with Gasteiger partial charge < -0.3 is 0 Å². The molecule has 2 heterocycles. The number of nitrogens with zero attached hydrogens (tertiary/aromatic N) is 2. The average Bonchev–Trinajstić information content (AvgIpc) is 2.73. The minimum Gasteiger partial charge on any atom is -0.228 e. The molecule has 0 unspecified atom stereocenters. The van der Waals surface area contributed by atoms with E-state index in [4.69, 9.17) is 11.6 Å². The Hall–Kier alpha value is -1.10. The number of fused-ring (bicyclic) bond motifs is 1. The molecule has 0 aliphatic heterocycles. The lowest BCUT2D eigenvalue weighted by Crippen LogP contribution is -1.92. The van der Waals surface area contributed by atoms with Gasteiger partial charge in [0.1, 0.15) is 0 Å². The van der Waals surface area contributed by atoms with Gasteiger partial charge >= 0.3 is 0 Å². The molecule has 2 aromatic heterocycles. The highest BCUT2D eigenvalue weighted by Crippen LogP contribution is 2.38. The average molecular weight is 321 g/mol. The van der Waals surface area contributed by atoms with Gasteiger partial charge in [0, 0.05) is 32.1 Å². The molecular formula is C15H13ClN2S2. The molecule has 0 saturated heterocycles. The van der Waals surface area contributed by atoms with Crippen molar-refractivity contribution in [2.75, 3.05) is 0 Å². The Morgan fingerprint density at radius 1 is 1.15 bits per heavy atom. The Morgan fingerprint density at radius 2 is 1.85 bits per heavy atom. The van der Waals surface area contributed by atoms with E-state index >= 15 is 0 Å². The zero-order valence-corrected chi connectivity index (χ0v) is 13.6. The first-order valence-electron chi connectivity index (χ1n) is 6.24. The van der Waals surface area contributed by atoms with Crippen molar-refractivity contribution in [3.8, 4) is 0 Å². The van der Waals surface area contributed by atoms with E-state index in [1.807, 2.05) is 32.0 Å². The van der Waals surface area contributed by atoms with Crippen molar-refractivity contribution in [2.24, 2.45) is 0 Å². The van der Waals surface area contributed by atoms with Crippen LogP contribution in [0.25, 0.3) is 10.1 Å². The fraction of sp³-hybridized carbons (Fsp3) is 0.200. The summed E-state index contributed by atoms with van der Waals surface area (Å²) >= 11 is 9.82. The number of thioether (sulfide) groups is 1. The summed E-state index contributed by atoms with van der Waals surface area (Å²) < 4.78 is 1.23. The van der Waals surface area contributed by atoms with E-state index in [1.165, 1.54) is 9.58 Å². The first-order valence-corrected chi connectivity index (χ1v) is 8.42. The smallest absolute Gasteiger partial charge is 0.188 e. The second-order valence-electron chi connectivity index (χ2n) is 4.56. The fourth-order valence-corrected chi connectivity index (χ4v) is 4.65. The van der Waals surface area contributed by atoms with Crippen molar-refractivity contribution in [3.63, 3.8) is 0 Å². The van der Waals surface area contributed by atoms with Gasteiger partial charge in [-0.1, -0.05) is 41.6 Å². The minimum absolute atomic E-state index is 0.807. The lowest BCUT2D eigenvalue weighted by molar-refractivity contribution is 0.902. The summed E-state index contributed by atoms with van der Waals surface area (Å²) in [5.41, 5.74) is 2.00. The summed E-state index contributed by atoms with van der Waals surface area (Å²) in [4.78, 5) is 10.1. The van der Waals surface area contributed by atoms with Gasteiger partial charge in [0.15, 0.2) is 5.16 Å². The number of aryl methyl sites for hydroxylation is 2. The van der Waals surface area contributed by atoms with Gasteiger partial charge in [0.05, 0.1) is 5.02 Å². The van der Waals surface area contributed by atoms with Crippen molar-refractivity contribution in [1.29, 1.82) is 0 Å². The van der Waals surface area contributed by atoms with Gasteiger partial charge in [0.2, 0.25) is 0 Å². The summed E-state index contributed by atoms with van der Waals surface area (Å²) in [6, 6.07) is 10.2. The molecule has 3 rings (SSSR count). The molecule has 0 aliphatic rings. The quantitative estimate of drug-likeness (QED) is 0.486. The molecular weight excluding hydrogens is 308 g/mol. The largest absolute Gasteiger partial charge is 0.228 e. The number of rotatable bonds is 3. The van der Waals surface area contributed by atoms with Crippen LogP contribution in [-0.4, -0.2) is 9.97 Å². The number of aromatic nitrogens is 2. The zero-order valence-electron chi connectivity index (χ0n) is 11.2. The Balaban J connectivity index is 1.84. The van der Waals surface area contributed by atoms with E-state index < -0.39 is 0 Å². The molecule has 102 valence electrons. The first kappa shape index (κ1) is 13.9. The van der Waals surface area contributed by atoms with Crippen LogP contribution in [0, 0.1) is 13.8 Å². The molecule has 3 aromatic rings. The minimum atomic E-state index is 0.807. The zero-order chi connectivity index (χ0) is 14.1. The molecule has 5 heteroatoms. The normalized spacial score (nSPS) is 11.2. The molecule has 0 fully saturated rings. The summed E-state index contributed by atoms with van der Waals surface area (Å²) in [5, 5.41) is 2.81. The monoisotopic (exact) mass is 320 g/mol. The molecule has 0 atom stereocenters. The first-order chi connectivity index (χ1) is 9.63. The van der Waals surface area contributed by atoms with Crippen LogP contribution in [0.5, 0.6) is 0 Å². The summed E-state index contributed by atoms with van der Waals surface area (Å²) in [5.74, 6) is 0.807. The van der Waals surface area contributed by atoms with Crippen LogP contribution in [0.1, 0.15) is 16.3 Å². The van der Waals surface area contributed by atoms with Gasteiger partial charge in [-0.05, 0) is 26.0 Å². The Kier molecular flexibility index (Phi) is 3.96. The summed E-state index contributed by atoms with van der Waals surface area (Å²) in [6.45, 7) is 3.98. The molecule has 0 N–H and O–H groups in total. The molecule has 1 aromatic carbocycles. The third-order valence-electron chi connectivity index (χ3n) is 2.90. The van der Waals surface area contributed by atoms with E-state index in [0.29, 0.717) is 0 Å². The van der Waals surface area contributed by atoms with E-state index in [9.17, 15) is 0 Å². The predicted molar refractivity (Wildman–Crippen MR) is 87.9 cm³/mol. The van der Waals surface area contributed by atoms with Crippen molar-refractivity contribution in [2.45, 2.75) is 24.8 Å². The van der Waals surface area contributed by atoms with Crippen molar-refractivity contribution in [3.05, 3.63) is 51.6 Å². The predicted octanol–water partition coefficient (Wildman–Crippen LogP) is 5.25. The second-order valence-corrected chi connectivity index (χ2v) is 7.01. The third kappa shape index (κ3) is 2.82. The van der Waals surface area contributed by atoms with E-state index in [0.717, 1.165) is 32.7 Å². The Labute approximate surface area is 131 Å². The molecule has 0 radical (unpaired) electrons. The van der Waals surface area contributed by atoms with Gasteiger partial charge in [-0.2, -0.15) is 0 Å². The number of hydrogen-bond donors (Lipinski definition) is 0. The van der Waals surface area contributed by atoms with E-state index in [-0.39, 0.29) is 0 Å². The van der Waals surface area contributed by atoms with Crippen LogP contribution < -0.4 is 0 Å². The molecule has 0 bridgehead atoms. The lowest BCUT2D eigenvalue weighted by atomic mass is 10.2. The number of halogens is 1. The van der Waals surface area contributed by atoms with Crippen molar-refractivity contribution in [1.82, 2.24) is 9.97 Å². The van der Waals surface area contributed by atoms with E-state index in [1.54, 1.807) is 23.1 Å². The number of hydrogen-bond acceptors (Lipinski definition) is 4. The maximum atomic E-state index is 6.44. The van der Waals surface area contributed by atoms with Crippen LogP contribution in [0.2, 0.25) is 5.02 Å². The molecule has 20 heavy (non-hydrogen) atoms. The second kappa shape index (κ2) is 5.72. The number of thiophene rings is 1. The lowest BCUT2D eigenvalue weighted by Gasteiger charge is -2.02. The molecule has 0 amide bonds.